The molecule has 14 heteroatoms. The molecular formula is C27H30O14. The van der Waals surface area contributed by atoms with E-state index in [-0.39, 0.29) is 40.6 Å². The third-order valence-electron chi connectivity index (χ3n) is 6.95. The van der Waals surface area contributed by atoms with Crippen LogP contribution in [0.15, 0.2) is 51.7 Å². The molecule has 0 radical (unpaired) electrons. The fourth-order valence-corrected chi connectivity index (χ4v) is 4.60. The zero-order chi connectivity index (χ0) is 29.4. The molecule has 2 aliphatic rings. The quantitative estimate of drug-likeness (QED) is 0.176. The average molecular weight is 579 g/mol. The van der Waals surface area contributed by atoms with Gasteiger partial charge in [0.05, 0.1) is 20.3 Å². The molecule has 0 saturated carbocycles. The van der Waals surface area contributed by atoms with Crippen LogP contribution < -0.4 is 14.9 Å². The molecule has 5 rings (SSSR count). The van der Waals surface area contributed by atoms with Crippen molar-refractivity contribution >= 4 is 11.0 Å². The number of ether oxygens (including phenoxy) is 5. The van der Waals surface area contributed by atoms with Crippen molar-refractivity contribution in [3.8, 4) is 28.6 Å². The van der Waals surface area contributed by atoms with Gasteiger partial charge in [0.1, 0.15) is 76.7 Å². The summed E-state index contributed by atoms with van der Waals surface area (Å²) in [6, 6.07) is 10.1. The Morgan fingerprint density at radius 1 is 0.878 bits per heavy atom. The van der Waals surface area contributed by atoms with Gasteiger partial charge in [0, 0.05) is 23.8 Å². The van der Waals surface area contributed by atoms with Crippen LogP contribution in [0.4, 0.5) is 0 Å². The van der Waals surface area contributed by atoms with Crippen molar-refractivity contribution in [2.75, 3.05) is 20.3 Å². The first-order valence-electron chi connectivity index (χ1n) is 12.7. The topological polar surface area (TPSA) is 218 Å². The Labute approximate surface area is 232 Å². The molecule has 0 amide bonds. The van der Waals surface area contributed by atoms with Gasteiger partial charge in [0.15, 0.2) is 11.7 Å². The molecule has 2 fully saturated rings. The number of aromatic hydroxyl groups is 1. The molecule has 0 spiro atoms. The van der Waals surface area contributed by atoms with Crippen LogP contribution >= 0.6 is 0 Å². The third kappa shape index (κ3) is 5.88. The van der Waals surface area contributed by atoms with E-state index < -0.39 is 67.3 Å². The highest BCUT2D eigenvalue weighted by molar-refractivity contribution is 5.86. The minimum absolute atomic E-state index is 0.0242. The third-order valence-corrected chi connectivity index (χ3v) is 6.95. The van der Waals surface area contributed by atoms with E-state index in [0.29, 0.717) is 5.56 Å². The number of aliphatic hydroxyl groups is 6. The summed E-state index contributed by atoms with van der Waals surface area (Å²) in [7, 11) is 1.38. The van der Waals surface area contributed by atoms with Crippen LogP contribution in [-0.4, -0.2) is 111 Å². The summed E-state index contributed by atoms with van der Waals surface area (Å²) in [4.78, 5) is 13.2. The van der Waals surface area contributed by atoms with Gasteiger partial charge in [-0.25, -0.2) is 0 Å². The highest BCUT2D eigenvalue weighted by Crippen LogP contribution is 2.34. The van der Waals surface area contributed by atoms with Gasteiger partial charge in [0.2, 0.25) is 6.29 Å². The van der Waals surface area contributed by atoms with Gasteiger partial charge in [-0.3, -0.25) is 4.79 Å². The Morgan fingerprint density at radius 2 is 1.59 bits per heavy atom. The van der Waals surface area contributed by atoms with Crippen LogP contribution in [0.3, 0.4) is 0 Å². The van der Waals surface area contributed by atoms with Crippen LogP contribution in [0, 0.1) is 0 Å². The van der Waals surface area contributed by atoms with E-state index in [1.165, 1.54) is 37.4 Å². The summed E-state index contributed by atoms with van der Waals surface area (Å²) in [6.07, 6.45) is -13.9. The molecule has 7 N–H and O–H groups in total. The van der Waals surface area contributed by atoms with Crippen molar-refractivity contribution < 1.29 is 63.8 Å². The number of benzene rings is 2. The Hall–Kier alpha value is -3.31. The van der Waals surface area contributed by atoms with E-state index in [1.54, 1.807) is 12.1 Å². The number of rotatable bonds is 7. The summed E-state index contributed by atoms with van der Waals surface area (Å²) in [5.41, 5.74) is 0.0824. The van der Waals surface area contributed by atoms with Crippen molar-refractivity contribution in [3.63, 3.8) is 0 Å². The van der Waals surface area contributed by atoms with Crippen molar-refractivity contribution in [1.82, 2.24) is 0 Å². The minimum atomic E-state index is -1.76. The smallest absolute Gasteiger partial charge is 0.229 e. The van der Waals surface area contributed by atoms with Gasteiger partial charge in [-0.1, -0.05) is 0 Å². The lowest BCUT2D eigenvalue weighted by Gasteiger charge is -2.41. The molecule has 0 aliphatic carbocycles. The zero-order valence-electron chi connectivity index (χ0n) is 21.6. The molecule has 14 nitrogen and oxygen atoms in total. The van der Waals surface area contributed by atoms with E-state index in [0.717, 1.165) is 0 Å². The first-order valence-corrected chi connectivity index (χ1v) is 12.7. The Kier molecular flexibility index (Phi) is 8.47. The summed E-state index contributed by atoms with van der Waals surface area (Å²) in [6.45, 7) is -0.795. The van der Waals surface area contributed by atoms with Gasteiger partial charge in [-0.2, -0.15) is 0 Å². The van der Waals surface area contributed by atoms with Crippen LogP contribution in [0.2, 0.25) is 0 Å². The van der Waals surface area contributed by atoms with Crippen LogP contribution in [0.25, 0.3) is 22.3 Å². The number of aliphatic hydroxyl groups excluding tert-OH is 6. The van der Waals surface area contributed by atoms with E-state index in [4.69, 9.17) is 28.1 Å². The maximum atomic E-state index is 13.2. The fourth-order valence-electron chi connectivity index (χ4n) is 4.60. The van der Waals surface area contributed by atoms with Crippen molar-refractivity contribution in [2.45, 2.75) is 55.3 Å². The Morgan fingerprint density at radius 3 is 2.29 bits per heavy atom. The predicted octanol–water partition coefficient (Wildman–Crippen LogP) is -1.18. The second-order valence-electron chi connectivity index (χ2n) is 9.74. The molecule has 2 aromatic carbocycles. The first-order chi connectivity index (χ1) is 19.6. The van der Waals surface area contributed by atoms with E-state index >= 15 is 0 Å². The monoisotopic (exact) mass is 578 g/mol. The Balaban J connectivity index is 1.40. The molecule has 3 heterocycles. The van der Waals surface area contributed by atoms with Gasteiger partial charge in [-0.15, -0.1) is 0 Å². The number of fused-ring (bicyclic) bond motifs is 1. The summed E-state index contributed by atoms with van der Waals surface area (Å²) in [5.74, 6) is 0.362. The second-order valence-corrected chi connectivity index (χ2v) is 9.74. The fraction of sp³-hybridized carbons (Fsp3) is 0.444. The summed E-state index contributed by atoms with van der Waals surface area (Å²) < 4.78 is 33.3. The molecule has 41 heavy (non-hydrogen) atoms. The molecular weight excluding hydrogens is 548 g/mol. The summed E-state index contributed by atoms with van der Waals surface area (Å²) >= 11 is 0. The number of hydrogen-bond donors (Lipinski definition) is 7. The van der Waals surface area contributed by atoms with Crippen LogP contribution in [-0.2, 0) is 14.2 Å². The Bertz CT molecular complexity index is 1410. The van der Waals surface area contributed by atoms with Crippen molar-refractivity contribution in [3.05, 3.63) is 52.7 Å². The molecule has 9 atom stereocenters. The molecule has 2 saturated heterocycles. The SMILES string of the molecule is COc1cc(O[C@@H]2O[C@H](CO[C@@H]3OC[C@@H](O)[C@H](O)[C@H]3O)[C@@H](O)[C@H](O)[C@H]2O)c2c(=O)cc(-c3ccc(O)cc3)oc2c1. The molecule has 222 valence electrons. The van der Waals surface area contributed by atoms with E-state index in [2.05, 4.69) is 0 Å². The van der Waals surface area contributed by atoms with Gasteiger partial charge in [-0.05, 0) is 24.3 Å². The second kappa shape index (κ2) is 11.9. The van der Waals surface area contributed by atoms with Crippen molar-refractivity contribution in [1.29, 1.82) is 0 Å². The van der Waals surface area contributed by atoms with Gasteiger partial charge in [0.25, 0.3) is 0 Å². The lowest BCUT2D eigenvalue weighted by molar-refractivity contribution is -0.307. The number of phenolic OH excluding ortho intramolecular Hbond substituents is 1. The first kappa shape index (κ1) is 29.2. The average Bonchev–Trinajstić information content (AvgIpc) is 2.96. The number of phenols is 1. The number of hydrogen-bond acceptors (Lipinski definition) is 14. The molecule has 0 bridgehead atoms. The largest absolute Gasteiger partial charge is 0.508 e. The lowest BCUT2D eigenvalue weighted by Crippen LogP contribution is -2.61. The highest BCUT2D eigenvalue weighted by Gasteiger charge is 2.46. The number of methoxy groups -OCH3 is 1. The highest BCUT2D eigenvalue weighted by atomic mass is 16.7. The normalized spacial score (nSPS) is 32.1. The lowest BCUT2D eigenvalue weighted by atomic mass is 9.99. The van der Waals surface area contributed by atoms with Gasteiger partial charge >= 0.3 is 0 Å². The van der Waals surface area contributed by atoms with Crippen LogP contribution in [0.1, 0.15) is 0 Å². The van der Waals surface area contributed by atoms with Crippen LogP contribution in [0.5, 0.6) is 17.2 Å². The van der Waals surface area contributed by atoms with E-state index in [9.17, 15) is 40.5 Å². The molecule has 0 unspecified atom stereocenters. The van der Waals surface area contributed by atoms with Gasteiger partial charge < -0.3 is 63.8 Å². The van der Waals surface area contributed by atoms with Crippen molar-refractivity contribution in [2.24, 2.45) is 0 Å². The standard InChI is InChI=1S/C27H30O14/c1-36-13-6-17-20(14(29)8-16(39-17)11-2-4-12(28)5-3-11)18(7-13)40-27-25(35)23(33)22(32)19(41-27)10-38-26-24(34)21(31)15(30)9-37-26/h2-8,15,19,21-28,30-35H,9-10H2,1H3/t15-,19-,21+,22-,23+,24-,25-,26+,27-/m1/s1. The maximum Gasteiger partial charge on any atom is 0.229 e. The van der Waals surface area contributed by atoms with E-state index in [1.807, 2.05) is 0 Å². The molecule has 1 aromatic heterocycles. The predicted molar refractivity (Wildman–Crippen MR) is 137 cm³/mol. The maximum absolute atomic E-state index is 13.2. The molecule has 2 aliphatic heterocycles. The minimum Gasteiger partial charge on any atom is -0.508 e. The molecule has 3 aromatic rings. The summed E-state index contributed by atoms with van der Waals surface area (Å²) in [5, 5.41) is 70.6. The zero-order valence-corrected chi connectivity index (χ0v) is 21.6.